The molecule has 13 heavy (non-hydrogen) atoms. The van der Waals surface area contributed by atoms with E-state index in [-0.39, 0.29) is 0 Å². The smallest absolute Gasteiger partial charge is 0.0162 e. The molecule has 1 aliphatic rings. The predicted octanol–water partition coefficient (Wildman–Crippen LogP) is 4.26. The Labute approximate surface area is 82.0 Å². The van der Waals surface area contributed by atoms with Crippen LogP contribution in [0.4, 0.5) is 0 Å². The summed E-state index contributed by atoms with van der Waals surface area (Å²) in [6, 6.07) is 0. The van der Waals surface area contributed by atoms with Crippen molar-refractivity contribution in [3.8, 4) is 0 Å². The van der Waals surface area contributed by atoms with Gasteiger partial charge in [0.15, 0.2) is 0 Å². The quantitative estimate of drug-likeness (QED) is 0.445. The zero-order valence-corrected chi connectivity index (χ0v) is 8.47. The Morgan fingerprint density at radius 3 is 2.08 bits per heavy atom. The van der Waals surface area contributed by atoms with Gasteiger partial charge in [-0.25, -0.2) is 0 Å². The van der Waals surface area contributed by atoms with E-state index in [2.05, 4.69) is 19.2 Å². The summed E-state index contributed by atoms with van der Waals surface area (Å²) in [5.74, 6) is 0.748. The summed E-state index contributed by atoms with van der Waals surface area (Å²) in [4.78, 5) is 0. The van der Waals surface area contributed by atoms with Crippen molar-refractivity contribution in [2.45, 2.75) is 38.5 Å². The van der Waals surface area contributed by atoms with E-state index >= 15 is 0 Å². The summed E-state index contributed by atoms with van der Waals surface area (Å²) in [5.41, 5.74) is 1.39. The number of hydrogen-bond acceptors (Lipinski definition) is 0. The second kappa shape index (κ2) is 5.80. The SMILES string of the molecule is C=C/C=C(\C=C)C1CCCCCC1. The topological polar surface area (TPSA) is 0 Å². The van der Waals surface area contributed by atoms with E-state index in [9.17, 15) is 0 Å². The summed E-state index contributed by atoms with van der Waals surface area (Å²) in [6.07, 6.45) is 14.3. The van der Waals surface area contributed by atoms with Gasteiger partial charge in [-0.2, -0.15) is 0 Å². The highest BCUT2D eigenvalue weighted by Crippen LogP contribution is 2.29. The summed E-state index contributed by atoms with van der Waals surface area (Å²) >= 11 is 0. The van der Waals surface area contributed by atoms with Crippen molar-refractivity contribution in [3.63, 3.8) is 0 Å². The molecule has 0 nitrogen and oxygen atoms in total. The second-order valence-electron chi connectivity index (χ2n) is 3.79. The third-order valence-corrected chi connectivity index (χ3v) is 2.87. The molecule has 72 valence electrons. The van der Waals surface area contributed by atoms with Crippen LogP contribution in [0.5, 0.6) is 0 Å². The maximum absolute atomic E-state index is 3.87. The third-order valence-electron chi connectivity index (χ3n) is 2.87. The largest absolute Gasteiger partial charge is 0.0991 e. The lowest BCUT2D eigenvalue weighted by molar-refractivity contribution is 0.540. The van der Waals surface area contributed by atoms with Crippen molar-refractivity contribution < 1.29 is 0 Å². The fourth-order valence-electron chi connectivity index (χ4n) is 2.12. The minimum Gasteiger partial charge on any atom is -0.0991 e. The predicted molar refractivity (Wildman–Crippen MR) is 59.7 cm³/mol. The highest BCUT2D eigenvalue weighted by atomic mass is 14.2. The van der Waals surface area contributed by atoms with Gasteiger partial charge in [0.05, 0.1) is 0 Å². The molecular formula is C13H20. The summed E-state index contributed by atoms with van der Waals surface area (Å²) in [5, 5.41) is 0. The van der Waals surface area contributed by atoms with Crippen molar-refractivity contribution >= 4 is 0 Å². The molecule has 0 N–H and O–H groups in total. The molecule has 0 heteroatoms. The van der Waals surface area contributed by atoms with Crippen LogP contribution in [0, 0.1) is 5.92 Å². The summed E-state index contributed by atoms with van der Waals surface area (Å²) < 4.78 is 0. The standard InChI is InChI=1S/C13H20/c1-3-9-12(4-2)13-10-7-5-6-8-11-13/h3-4,9,13H,1-2,5-8,10-11H2/b12-9+. The molecule has 0 spiro atoms. The minimum absolute atomic E-state index is 0.748. The minimum atomic E-state index is 0.748. The van der Waals surface area contributed by atoms with Gasteiger partial charge in [0.25, 0.3) is 0 Å². The molecular weight excluding hydrogens is 156 g/mol. The molecule has 0 aliphatic heterocycles. The van der Waals surface area contributed by atoms with Gasteiger partial charge < -0.3 is 0 Å². The van der Waals surface area contributed by atoms with Crippen molar-refractivity contribution in [1.29, 1.82) is 0 Å². The molecule has 0 unspecified atom stereocenters. The van der Waals surface area contributed by atoms with Gasteiger partial charge >= 0.3 is 0 Å². The van der Waals surface area contributed by atoms with Gasteiger partial charge in [0, 0.05) is 0 Å². The van der Waals surface area contributed by atoms with Crippen LogP contribution in [0.1, 0.15) is 38.5 Å². The Balaban J connectivity index is 2.60. The van der Waals surface area contributed by atoms with Gasteiger partial charge in [-0.1, -0.05) is 57.1 Å². The Morgan fingerprint density at radius 2 is 1.62 bits per heavy atom. The molecule has 0 bridgehead atoms. The summed E-state index contributed by atoms with van der Waals surface area (Å²) in [7, 11) is 0. The van der Waals surface area contributed by atoms with Crippen LogP contribution in [0.2, 0.25) is 0 Å². The Hall–Kier alpha value is -0.780. The van der Waals surface area contributed by atoms with E-state index in [1.54, 1.807) is 0 Å². The lowest BCUT2D eigenvalue weighted by Crippen LogP contribution is -2.00. The molecule has 0 aromatic heterocycles. The number of hydrogen-bond donors (Lipinski definition) is 0. The van der Waals surface area contributed by atoms with Gasteiger partial charge in [0.2, 0.25) is 0 Å². The fraction of sp³-hybridized carbons (Fsp3) is 0.538. The normalized spacial score (nSPS) is 20.8. The average molecular weight is 176 g/mol. The van der Waals surface area contributed by atoms with Gasteiger partial charge in [-0.15, -0.1) is 0 Å². The van der Waals surface area contributed by atoms with E-state index in [0.29, 0.717) is 0 Å². The van der Waals surface area contributed by atoms with Crippen molar-refractivity contribution in [1.82, 2.24) is 0 Å². The Morgan fingerprint density at radius 1 is 1.00 bits per heavy atom. The molecule has 0 aromatic rings. The lowest BCUT2D eigenvalue weighted by atomic mass is 9.91. The molecule has 1 rings (SSSR count). The first kappa shape index (κ1) is 10.3. The first-order chi connectivity index (χ1) is 6.38. The van der Waals surface area contributed by atoms with Crippen molar-refractivity contribution in [2.24, 2.45) is 5.92 Å². The zero-order chi connectivity index (χ0) is 9.52. The van der Waals surface area contributed by atoms with E-state index in [1.165, 1.54) is 44.1 Å². The zero-order valence-electron chi connectivity index (χ0n) is 8.47. The molecule has 0 heterocycles. The van der Waals surface area contributed by atoms with Crippen LogP contribution in [-0.4, -0.2) is 0 Å². The first-order valence-corrected chi connectivity index (χ1v) is 5.33. The van der Waals surface area contributed by atoms with E-state index < -0.39 is 0 Å². The van der Waals surface area contributed by atoms with Crippen LogP contribution < -0.4 is 0 Å². The summed E-state index contributed by atoms with van der Waals surface area (Å²) in [6.45, 7) is 7.61. The highest BCUT2D eigenvalue weighted by molar-refractivity contribution is 5.23. The van der Waals surface area contributed by atoms with Crippen molar-refractivity contribution in [3.05, 3.63) is 37.0 Å². The van der Waals surface area contributed by atoms with E-state index in [4.69, 9.17) is 0 Å². The Kier molecular flexibility index (Phi) is 4.59. The first-order valence-electron chi connectivity index (χ1n) is 5.33. The third kappa shape index (κ3) is 3.22. The van der Waals surface area contributed by atoms with Gasteiger partial charge in [0.1, 0.15) is 0 Å². The second-order valence-corrected chi connectivity index (χ2v) is 3.79. The monoisotopic (exact) mass is 176 g/mol. The molecule has 0 aromatic carbocycles. The molecule has 1 saturated carbocycles. The molecule has 1 fully saturated rings. The van der Waals surface area contributed by atoms with Crippen molar-refractivity contribution in [2.75, 3.05) is 0 Å². The van der Waals surface area contributed by atoms with Crippen LogP contribution in [-0.2, 0) is 0 Å². The average Bonchev–Trinajstić information content (AvgIpc) is 2.42. The van der Waals surface area contributed by atoms with Gasteiger partial charge in [-0.05, 0) is 24.3 Å². The number of allylic oxidation sites excluding steroid dienone is 4. The molecule has 0 amide bonds. The van der Waals surface area contributed by atoms with Crippen LogP contribution in [0.3, 0.4) is 0 Å². The molecule has 1 aliphatic carbocycles. The molecule has 0 radical (unpaired) electrons. The fourth-order valence-corrected chi connectivity index (χ4v) is 2.12. The van der Waals surface area contributed by atoms with E-state index in [0.717, 1.165) is 5.92 Å². The van der Waals surface area contributed by atoms with Crippen LogP contribution in [0.15, 0.2) is 37.0 Å². The van der Waals surface area contributed by atoms with Gasteiger partial charge in [-0.3, -0.25) is 0 Å². The number of rotatable bonds is 3. The Bertz CT molecular complexity index is 190. The molecule has 0 atom stereocenters. The maximum Gasteiger partial charge on any atom is -0.0162 e. The van der Waals surface area contributed by atoms with E-state index in [1.807, 2.05) is 12.2 Å². The van der Waals surface area contributed by atoms with Crippen LogP contribution in [0.25, 0.3) is 0 Å². The maximum atomic E-state index is 3.87. The lowest BCUT2D eigenvalue weighted by Gasteiger charge is -2.14. The highest BCUT2D eigenvalue weighted by Gasteiger charge is 2.13. The van der Waals surface area contributed by atoms with Crippen LogP contribution >= 0.6 is 0 Å². The molecule has 0 saturated heterocycles.